The highest BCUT2D eigenvalue weighted by atomic mass is 35.5. The number of nitrogens with zero attached hydrogens (tertiary/aromatic N) is 1. The summed E-state index contributed by atoms with van der Waals surface area (Å²) in [5.41, 5.74) is 0.194. The number of hydrogen-bond acceptors (Lipinski definition) is 4. The number of benzene rings is 1. The van der Waals surface area contributed by atoms with E-state index in [-0.39, 0.29) is 29.1 Å². The molecule has 118 valence electrons. The van der Waals surface area contributed by atoms with E-state index < -0.39 is 5.82 Å². The average molecular weight is 327 g/mol. The summed E-state index contributed by atoms with van der Waals surface area (Å²) in [6, 6.07) is 3.81. The highest BCUT2D eigenvalue weighted by Gasteiger charge is 2.12. The van der Waals surface area contributed by atoms with Gasteiger partial charge in [-0.15, -0.1) is 0 Å². The fourth-order valence-corrected chi connectivity index (χ4v) is 1.90. The summed E-state index contributed by atoms with van der Waals surface area (Å²) in [5, 5.41) is 2.89. The van der Waals surface area contributed by atoms with Crippen molar-refractivity contribution in [3.05, 3.63) is 46.9 Å². The lowest BCUT2D eigenvalue weighted by atomic mass is 10.3. The zero-order valence-electron chi connectivity index (χ0n) is 12.1. The molecule has 0 saturated heterocycles. The van der Waals surface area contributed by atoms with Crippen LogP contribution in [0, 0.1) is 5.82 Å². The molecule has 0 spiro atoms. The summed E-state index contributed by atoms with van der Waals surface area (Å²) in [5.74, 6) is -0.181. The minimum atomic E-state index is -0.445. The molecule has 0 atom stereocenters. The van der Waals surface area contributed by atoms with E-state index in [1.807, 2.05) is 6.92 Å². The lowest BCUT2D eigenvalue weighted by molar-refractivity contribution is 0.0948. The van der Waals surface area contributed by atoms with Crippen LogP contribution in [0.1, 0.15) is 36.1 Å². The number of carbonyl (C=O) groups is 1. The number of ether oxygens (including phenoxy) is 1. The Morgan fingerprint density at radius 2 is 2.32 bits per heavy atom. The smallest absolute Gasteiger partial charge is 0.273 e. The number of halogens is 2. The van der Waals surface area contributed by atoms with Gasteiger partial charge in [-0.25, -0.2) is 9.37 Å². The molecular formula is C15H16ClFN2O3. The maximum absolute atomic E-state index is 12.9. The van der Waals surface area contributed by atoms with Gasteiger partial charge in [-0.3, -0.25) is 4.79 Å². The van der Waals surface area contributed by atoms with Crippen LogP contribution < -0.4 is 10.1 Å². The standard InChI is InChI=1S/C15H16ClFN2O3/c1-2-3-6-18-15(20)12-8-22-14(19-12)9-21-13-5-4-10(17)7-11(13)16/h4-5,7-8H,2-3,6,9H2,1H3,(H,18,20). The number of unbranched alkanes of at least 4 members (excludes halogenated alkanes) is 1. The number of carbonyl (C=O) groups excluding carboxylic acids is 1. The second kappa shape index (κ2) is 7.79. The summed E-state index contributed by atoms with van der Waals surface area (Å²) in [6.45, 7) is 2.63. The van der Waals surface area contributed by atoms with Gasteiger partial charge in [-0.05, 0) is 24.6 Å². The number of rotatable bonds is 7. The minimum Gasteiger partial charge on any atom is -0.482 e. The van der Waals surface area contributed by atoms with Crippen LogP contribution in [-0.4, -0.2) is 17.4 Å². The van der Waals surface area contributed by atoms with E-state index in [0.717, 1.165) is 18.9 Å². The van der Waals surface area contributed by atoms with Gasteiger partial charge in [0.2, 0.25) is 5.89 Å². The van der Waals surface area contributed by atoms with Gasteiger partial charge in [-0.2, -0.15) is 0 Å². The predicted octanol–water partition coefficient (Wildman–Crippen LogP) is 3.58. The molecule has 0 bridgehead atoms. The molecule has 0 fully saturated rings. The van der Waals surface area contributed by atoms with Crippen molar-refractivity contribution in [1.29, 1.82) is 0 Å². The molecule has 5 nitrogen and oxygen atoms in total. The maximum Gasteiger partial charge on any atom is 0.273 e. The molecule has 0 aliphatic rings. The van der Waals surface area contributed by atoms with Crippen molar-refractivity contribution in [1.82, 2.24) is 10.3 Å². The van der Waals surface area contributed by atoms with Gasteiger partial charge in [0.1, 0.15) is 17.8 Å². The molecule has 2 rings (SSSR count). The Bertz CT molecular complexity index is 645. The molecule has 1 aromatic carbocycles. The first-order chi connectivity index (χ1) is 10.6. The SMILES string of the molecule is CCCCNC(=O)c1coc(COc2ccc(F)cc2Cl)n1. The fourth-order valence-electron chi connectivity index (χ4n) is 1.68. The molecule has 2 aromatic rings. The zero-order valence-corrected chi connectivity index (χ0v) is 12.8. The average Bonchev–Trinajstić information content (AvgIpc) is 2.95. The van der Waals surface area contributed by atoms with E-state index in [2.05, 4.69) is 10.3 Å². The van der Waals surface area contributed by atoms with E-state index in [4.69, 9.17) is 20.8 Å². The highest BCUT2D eigenvalue weighted by Crippen LogP contribution is 2.25. The lowest BCUT2D eigenvalue weighted by Crippen LogP contribution is -2.24. The van der Waals surface area contributed by atoms with Crippen molar-refractivity contribution in [2.45, 2.75) is 26.4 Å². The summed E-state index contributed by atoms with van der Waals surface area (Å²) >= 11 is 5.84. The summed E-state index contributed by atoms with van der Waals surface area (Å²) < 4.78 is 23.5. The first-order valence-electron chi connectivity index (χ1n) is 6.90. The van der Waals surface area contributed by atoms with E-state index in [1.54, 1.807) is 0 Å². The zero-order chi connectivity index (χ0) is 15.9. The van der Waals surface area contributed by atoms with E-state index in [1.165, 1.54) is 18.4 Å². The monoisotopic (exact) mass is 326 g/mol. The number of aromatic nitrogens is 1. The van der Waals surface area contributed by atoms with Gasteiger partial charge < -0.3 is 14.5 Å². The van der Waals surface area contributed by atoms with Crippen LogP contribution in [0.3, 0.4) is 0 Å². The molecule has 1 aromatic heterocycles. The summed E-state index contributed by atoms with van der Waals surface area (Å²) in [7, 11) is 0. The van der Waals surface area contributed by atoms with Crippen molar-refractivity contribution in [3.8, 4) is 5.75 Å². The molecule has 0 aliphatic carbocycles. The van der Waals surface area contributed by atoms with Crippen molar-refractivity contribution in [3.63, 3.8) is 0 Å². The van der Waals surface area contributed by atoms with Crippen molar-refractivity contribution >= 4 is 17.5 Å². The van der Waals surface area contributed by atoms with Crippen LogP contribution in [0.15, 0.2) is 28.9 Å². The highest BCUT2D eigenvalue weighted by molar-refractivity contribution is 6.32. The molecule has 22 heavy (non-hydrogen) atoms. The fraction of sp³-hybridized carbons (Fsp3) is 0.333. The minimum absolute atomic E-state index is 0.00636. The summed E-state index contributed by atoms with van der Waals surface area (Å²) in [6.07, 6.45) is 3.17. The second-order valence-electron chi connectivity index (χ2n) is 4.60. The van der Waals surface area contributed by atoms with Crippen molar-refractivity contribution < 1.29 is 18.3 Å². The third-order valence-corrected chi connectivity index (χ3v) is 3.14. The second-order valence-corrected chi connectivity index (χ2v) is 5.01. The molecule has 0 unspecified atom stereocenters. The number of amides is 1. The largest absolute Gasteiger partial charge is 0.482 e. The third-order valence-electron chi connectivity index (χ3n) is 2.85. The number of nitrogens with one attached hydrogen (secondary N) is 1. The molecule has 0 saturated carbocycles. The van der Waals surface area contributed by atoms with E-state index >= 15 is 0 Å². The molecule has 1 N–H and O–H groups in total. The quantitative estimate of drug-likeness (QED) is 0.790. The van der Waals surface area contributed by atoms with Gasteiger partial charge >= 0.3 is 0 Å². The third kappa shape index (κ3) is 4.46. The molecule has 7 heteroatoms. The van der Waals surface area contributed by atoms with E-state index in [0.29, 0.717) is 12.3 Å². The Labute approximate surface area is 132 Å². The van der Waals surface area contributed by atoms with Crippen molar-refractivity contribution in [2.24, 2.45) is 0 Å². The molecule has 1 heterocycles. The van der Waals surface area contributed by atoms with Crippen LogP contribution in [-0.2, 0) is 6.61 Å². The van der Waals surface area contributed by atoms with Gasteiger partial charge in [-0.1, -0.05) is 24.9 Å². The topological polar surface area (TPSA) is 64.4 Å². The van der Waals surface area contributed by atoms with Crippen LogP contribution in [0.25, 0.3) is 0 Å². The van der Waals surface area contributed by atoms with Crippen LogP contribution in [0.4, 0.5) is 4.39 Å². The Morgan fingerprint density at radius 1 is 1.50 bits per heavy atom. The Hall–Kier alpha value is -2.08. The van der Waals surface area contributed by atoms with Gasteiger partial charge in [0.15, 0.2) is 12.3 Å². The van der Waals surface area contributed by atoms with Gasteiger partial charge in [0, 0.05) is 6.54 Å². The van der Waals surface area contributed by atoms with Crippen molar-refractivity contribution in [2.75, 3.05) is 6.54 Å². The van der Waals surface area contributed by atoms with Crippen LogP contribution >= 0.6 is 11.6 Å². The van der Waals surface area contributed by atoms with Crippen LogP contribution in [0.5, 0.6) is 5.75 Å². The molecule has 0 aliphatic heterocycles. The first kappa shape index (κ1) is 16.3. The Morgan fingerprint density at radius 3 is 3.05 bits per heavy atom. The van der Waals surface area contributed by atoms with E-state index in [9.17, 15) is 9.18 Å². The molecule has 1 amide bonds. The predicted molar refractivity (Wildman–Crippen MR) is 79.5 cm³/mol. The maximum atomic E-state index is 12.9. The summed E-state index contributed by atoms with van der Waals surface area (Å²) in [4.78, 5) is 15.8. The van der Waals surface area contributed by atoms with Gasteiger partial charge in [0.25, 0.3) is 5.91 Å². The number of oxazole rings is 1. The molecular weight excluding hydrogens is 311 g/mol. The first-order valence-corrected chi connectivity index (χ1v) is 7.28. The lowest BCUT2D eigenvalue weighted by Gasteiger charge is -2.05. The Balaban J connectivity index is 1.90. The normalized spacial score (nSPS) is 10.5. The van der Waals surface area contributed by atoms with Gasteiger partial charge in [0.05, 0.1) is 5.02 Å². The number of hydrogen-bond donors (Lipinski definition) is 1. The molecule has 0 radical (unpaired) electrons. The van der Waals surface area contributed by atoms with Crippen LogP contribution in [0.2, 0.25) is 5.02 Å². The Kier molecular flexibility index (Phi) is 5.77.